The Morgan fingerprint density at radius 1 is 1.19 bits per heavy atom. The van der Waals surface area contributed by atoms with Crippen LogP contribution in [0, 0.1) is 5.92 Å². The quantitative estimate of drug-likeness (QED) is 0.705. The van der Waals surface area contributed by atoms with Gasteiger partial charge in [-0.2, -0.15) is 0 Å². The van der Waals surface area contributed by atoms with Crippen LogP contribution in [-0.4, -0.2) is 29.7 Å². The zero-order chi connectivity index (χ0) is 19.4. The van der Waals surface area contributed by atoms with Gasteiger partial charge in [-0.15, -0.1) is 11.8 Å². The summed E-state index contributed by atoms with van der Waals surface area (Å²) in [4.78, 5) is 25.4. The molecule has 2 unspecified atom stereocenters. The molecule has 0 fully saturated rings. The normalized spacial score (nSPS) is 17.0. The Morgan fingerprint density at radius 2 is 1.93 bits per heavy atom. The summed E-state index contributed by atoms with van der Waals surface area (Å²) in [6.45, 7) is 6.63. The summed E-state index contributed by atoms with van der Waals surface area (Å²) in [7, 11) is 0. The molecule has 2 aromatic carbocycles. The number of benzene rings is 2. The summed E-state index contributed by atoms with van der Waals surface area (Å²) in [6, 6.07) is 15.5. The van der Waals surface area contributed by atoms with E-state index in [-0.39, 0.29) is 23.1 Å². The zero-order valence-electron chi connectivity index (χ0n) is 15.8. The second-order valence-electron chi connectivity index (χ2n) is 7.03. The molecule has 0 saturated carbocycles. The van der Waals surface area contributed by atoms with E-state index in [4.69, 9.17) is 0 Å². The van der Waals surface area contributed by atoms with Crippen molar-refractivity contribution in [3.63, 3.8) is 0 Å². The number of hydrogen-bond donors (Lipinski definition) is 3. The molecule has 3 rings (SSSR count). The van der Waals surface area contributed by atoms with Gasteiger partial charge < -0.3 is 16.0 Å². The highest BCUT2D eigenvalue weighted by atomic mass is 32.2. The molecule has 2 aromatic rings. The van der Waals surface area contributed by atoms with Crippen LogP contribution in [0.2, 0.25) is 0 Å². The van der Waals surface area contributed by atoms with Gasteiger partial charge in [0, 0.05) is 28.7 Å². The molecule has 3 N–H and O–H groups in total. The van der Waals surface area contributed by atoms with Crippen molar-refractivity contribution in [3.8, 4) is 0 Å². The lowest BCUT2D eigenvalue weighted by Gasteiger charge is -2.24. The highest BCUT2D eigenvalue weighted by molar-refractivity contribution is 8.00. The Hall–Kier alpha value is -2.47. The number of para-hydroxylation sites is 1. The third kappa shape index (κ3) is 4.83. The van der Waals surface area contributed by atoms with Crippen LogP contribution in [0.5, 0.6) is 0 Å². The molecule has 27 heavy (non-hydrogen) atoms. The molecule has 0 radical (unpaired) electrons. The molecule has 5 nitrogen and oxygen atoms in total. The number of anilines is 2. The van der Waals surface area contributed by atoms with Gasteiger partial charge in [-0.3, -0.25) is 9.59 Å². The van der Waals surface area contributed by atoms with E-state index >= 15 is 0 Å². The molecule has 2 amide bonds. The molecule has 1 aliphatic rings. The monoisotopic (exact) mass is 383 g/mol. The van der Waals surface area contributed by atoms with Gasteiger partial charge in [-0.25, -0.2) is 0 Å². The highest BCUT2D eigenvalue weighted by Crippen LogP contribution is 2.35. The fourth-order valence-corrected chi connectivity index (χ4v) is 3.79. The number of carbonyl (C=O) groups is 2. The van der Waals surface area contributed by atoms with Crippen LogP contribution in [0.25, 0.3) is 0 Å². The predicted molar refractivity (Wildman–Crippen MR) is 111 cm³/mol. The fraction of sp³-hybridized carbons (Fsp3) is 0.333. The number of hydrogen-bond acceptors (Lipinski definition) is 4. The first kappa shape index (κ1) is 19.3. The van der Waals surface area contributed by atoms with Crippen molar-refractivity contribution in [1.29, 1.82) is 0 Å². The second-order valence-corrected chi connectivity index (χ2v) is 8.41. The van der Waals surface area contributed by atoms with Crippen LogP contribution >= 0.6 is 11.8 Å². The molecule has 0 saturated heterocycles. The summed E-state index contributed by atoms with van der Waals surface area (Å²) in [6.07, 6.45) is 0. The Morgan fingerprint density at radius 3 is 2.63 bits per heavy atom. The van der Waals surface area contributed by atoms with Gasteiger partial charge in [0.2, 0.25) is 5.91 Å². The van der Waals surface area contributed by atoms with Crippen LogP contribution in [0.1, 0.15) is 31.1 Å². The number of carbonyl (C=O) groups excluding carboxylic acids is 2. The smallest absolute Gasteiger partial charge is 0.251 e. The van der Waals surface area contributed by atoms with E-state index in [9.17, 15) is 9.59 Å². The zero-order valence-corrected chi connectivity index (χ0v) is 16.6. The number of thioether (sulfide) groups is 1. The van der Waals surface area contributed by atoms with Gasteiger partial charge >= 0.3 is 0 Å². The van der Waals surface area contributed by atoms with Crippen molar-refractivity contribution >= 4 is 35.0 Å². The average Bonchev–Trinajstić information content (AvgIpc) is 2.66. The molecule has 1 heterocycles. The van der Waals surface area contributed by atoms with Crippen LogP contribution in [-0.2, 0) is 4.79 Å². The van der Waals surface area contributed by atoms with Crippen LogP contribution in [0.15, 0.2) is 53.4 Å². The topological polar surface area (TPSA) is 70.2 Å². The molecule has 0 aliphatic carbocycles. The van der Waals surface area contributed by atoms with E-state index in [2.05, 4.69) is 29.8 Å². The maximum Gasteiger partial charge on any atom is 0.251 e. The Labute approximate surface area is 164 Å². The van der Waals surface area contributed by atoms with Crippen molar-refractivity contribution in [2.75, 3.05) is 17.2 Å². The number of fused-ring (bicyclic) bond motifs is 1. The lowest BCUT2D eigenvalue weighted by Crippen LogP contribution is -2.39. The Balaban J connectivity index is 1.64. The minimum atomic E-state index is -0.142. The lowest BCUT2D eigenvalue weighted by atomic mass is 10.0. The van der Waals surface area contributed by atoms with Crippen molar-refractivity contribution < 1.29 is 9.59 Å². The summed E-state index contributed by atoms with van der Waals surface area (Å²) >= 11 is 1.51. The van der Waals surface area contributed by atoms with Gasteiger partial charge in [-0.05, 0) is 43.2 Å². The SMILES string of the molecule is CC1Sc2ccc(C(=O)NCC(Nc3ccccc3)C(C)C)cc2NC1=O. The van der Waals surface area contributed by atoms with Crippen LogP contribution in [0.3, 0.4) is 0 Å². The first-order valence-corrected chi connectivity index (χ1v) is 10.0. The molecule has 142 valence electrons. The van der Waals surface area contributed by atoms with E-state index in [0.29, 0.717) is 23.7 Å². The molecule has 1 aliphatic heterocycles. The molecule has 6 heteroatoms. The molecule has 0 bridgehead atoms. The minimum Gasteiger partial charge on any atom is -0.380 e. The van der Waals surface area contributed by atoms with E-state index in [1.807, 2.05) is 43.3 Å². The molecular formula is C21H25N3O2S. The second kappa shape index (κ2) is 8.48. The number of rotatable bonds is 6. The van der Waals surface area contributed by atoms with Crippen molar-refractivity contribution in [1.82, 2.24) is 5.32 Å². The summed E-state index contributed by atoms with van der Waals surface area (Å²) in [5.74, 6) is 0.180. The largest absolute Gasteiger partial charge is 0.380 e. The molecule has 2 atom stereocenters. The first-order valence-electron chi connectivity index (χ1n) is 9.15. The van der Waals surface area contributed by atoms with E-state index in [1.165, 1.54) is 11.8 Å². The van der Waals surface area contributed by atoms with E-state index in [0.717, 1.165) is 10.6 Å². The molecular weight excluding hydrogens is 358 g/mol. The third-order valence-electron chi connectivity index (χ3n) is 4.59. The van der Waals surface area contributed by atoms with Crippen molar-refractivity contribution in [2.45, 2.75) is 37.0 Å². The molecule has 0 spiro atoms. The van der Waals surface area contributed by atoms with E-state index in [1.54, 1.807) is 12.1 Å². The summed E-state index contributed by atoms with van der Waals surface area (Å²) < 4.78 is 0. The van der Waals surface area contributed by atoms with Crippen LogP contribution < -0.4 is 16.0 Å². The number of amides is 2. The summed E-state index contributed by atoms with van der Waals surface area (Å²) in [5, 5.41) is 9.23. The van der Waals surface area contributed by atoms with E-state index < -0.39 is 0 Å². The van der Waals surface area contributed by atoms with Gasteiger partial charge in [0.15, 0.2) is 0 Å². The highest BCUT2D eigenvalue weighted by Gasteiger charge is 2.24. The minimum absolute atomic E-state index is 0.0306. The van der Waals surface area contributed by atoms with Gasteiger partial charge in [-0.1, -0.05) is 32.0 Å². The Bertz CT molecular complexity index is 823. The van der Waals surface area contributed by atoms with Gasteiger partial charge in [0.05, 0.1) is 10.9 Å². The van der Waals surface area contributed by atoms with Gasteiger partial charge in [0.1, 0.15) is 0 Å². The van der Waals surface area contributed by atoms with Crippen molar-refractivity contribution in [3.05, 3.63) is 54.1 Å². The maximum absolute atomic E-state index is 12.6. The Kier molecular flexibility index (Phi) is 6.06. The van der Waals surface area contributed by atoms with Gasteiger partial charge in [0.25, 0.3) is 5.91 Å². The third-order valence-corrected chi connectivity index (χ3v) is 5.76. The van der Waals surface area contributed by atoms with Crippen LogP contribution in [0.4, 0.5) is 11.4 Å². The standard InChI is InChI=1S/C21H25N3O2S/c1-13(2)18(23-16-7-5-4-6-8-16)12-22-21(26)15-9-10-19-17(11-15)24-20(25)14(3)27-19/h4-11,13-14,18,23H,12H2,1-3H3,(H,22,26)(H,24,25). The number of nitrogens with one attached hydrogen (secondary N) is 3. The predicted octanol–water partition coefficient (Wildman–Crippen LogP) is 3.99. The fourth-order valence-electron chi connectivity index (χ4n) is 2.86. The average molecular weight is 384 g/mol. The maximum atomic E-state index is 12.6. The molecule has 0 aromatic heterocycles. The first-order chi connectivity index (χ1) is 12.9. The van der Waals surface area contributed by atoms with Crippen molar-refractivity contribution in [2.24, 2.45) is 5.92 Å². The summed E-state index contributed by atoms with van der Waals surface area (Å²) in [5.41, 5.74) is 2.29. The lowest BCUT2D eigenvalue weighted by molar-refractivity contribution is -0.115.